The molecule has 1 aliphatic heterocycles. The smallest absolute Gasteiger partial charge is 0.408 e. The summed E-state index contributed by atoms with van der Waals surface area (Å²) in [4.78, 5) is 24.3. The maximum absolute atomic E-state index is 12.4. The van der Waals surface area contributed by atoms with E-state index in [1.54, 1.807) is 27.7 Å². The number of carbonyl (C=O) groups excluding carboxylic acids is 2. The zero-order valence-corrected chi connectivity index (χ0v) is 15.6. The molecule has 0 aromatic heterocycles. The highest BCUT2D eigenvalue weighted by molar-refractivity contribution is 5.81. The van der Waals surface area contributed by atoms with Gasteiger partial charge in [0.2, 0.25) is 0 Å². The first-order chi connectivity index (χ1) is 11.1. The largest absolute Gasteiger partial charge is 0.458 e. The number of aliphatic hydroxyl groups is 1. The number of carbonyl (C=O) groups is 2. The summed E-state index contributed by atoms with van der Waals surface area (Å²) in [5.74, 6) is -0.363. The van der Waals surface area contributed by atoms with Crippen molar-refractivity contribution in [3.8, 4) is 0 Å². The number of hydrogen-bond acceptors (Lipinski definition) is 5. The van der Waals surface area contributed by atoms with Crippen molar-refractivity contribution in [1.29, 1.82) is 0 Å². The minimum atomic E-state index is -0.739. The zero-order valence-electron chi connectivity index (χ0n) is 15.6. The van der Waals surface area contributed by atoms with E-state index in [4.69, 9.17) is 9.47 Å². The highest BCUT2D eigenvalue weighted by atomic mass is 16.6. The minimum Gasteiger partial charge on any atom is -0.458 e. The fourth-order valence-electron chi connectivity index (χ4n) is 3.03. The van der Waals surface area contributed by atoms with Crippen molar-refractivity contribution in [2.75, 3.05) is 0 Å². The van der Waals surface area contributed by atoms with Gasteiger partial charge in [-0.25, -0.2) is 9.59 Å². The van der Waals surface area contributed by atoms with Crippen LogP contribution in [0.15, 0.2) is 0 Å². The first-order valence-corrected chi connectivity index (χ1v) is 9.02. The fourth-order valence-corrected chi connectivity index (χ4v) is 3.03. The Kier molecular flexibility index (Phi) is 8.00. The van der Waals surface area contributed by atoms with Crippen molar-refractivity contribution in [2.24, 2.45) is 5.92 Å². The molecule has 0 unspecified atom stereocenters. The van der Waals surface area contributed by atoms with Crippen LogP contribution in [-0.4, -0.2) is 41.0 Å². The number of rotatable bonds is 3. The molecule has 1 heterocycles. The SMILES string of the molecule is CCC[C@H]1CCCC[C@H](NC(=O)OC(C)(C)C)C(=O)O[C@@H](C)[C@@H]1O. The Bertz CT molecular complexity index is 418. The summed E-state index contributed by atoms with van der Waals surface area (Å²) in [6.07, 6.45) is 3.14. The zero-order chi connectivity index (χ0) is 18.3. The number of amides is 1. The van der Waals surface area contributed by atoms with Gasteiger partial charge in [-0.1, -0.05) is 26.2 Å². The maximum atomic E-state index is 12.4. The Hall–Kier alpha value is -1.30. The van der Waals surface area contributed by atoms with Gasteiger partial charge in [0, 0.05) is 0 Å². The number of nitrogens with one attached hydrogen (secondary N) is 1. The average molecular weight is 343 g/mol. The Morgan fingerprint density at radius 2 is 1.96 bits per heavy atom. The van der Waals surface area contributed by atoms with Crippen LogP contribution in [0.5, 0.6) is 0 Å². The molecule has 0 bridgehead atoms. The highest BCUT2D eigenvalue weighted by Crippen LogP contribution is 2.25. The second kappa shape index (κ2) is 9.25. The number of cyclic esters (lactones) is 1. The van der Waals surface area contributed by atoms with Crippen LogP contribution in [0.25, 0.3) is 0 Å². The van der Waals surface area contributed by atoms with Crippen molar-refractivity contribution < 1.29 is 24.2 Å². The number of esters is 1. The van der Waals surface area contributed by atoms with Crippen LogP contribution in [0.4, 0.5) is 4.79 Å². The minimum absolute atomic E-state index is 0.146. The lowest BCUT2D eigenvalue weighted by Gasteiger charge is -2.30. The molecule has 0 aromatic carbocycles. The van der Waals surface area contributed by atoms with Crippen LogP contribution in [0.2, 0.25) is 0 Å². The molecule has 0 aliphatic carbocycles. The predicted molar refractivity (Wildman–Crippen MR) is 91.6 cm³/mol. The Morgan fingerprint density at radius 3 is 2.54 bits per heavy atom. The van der Waals surface area contributed by atoms with Crippen molar-refractivity contribution in [3.63, 3.8) is 0 Å². The first kappa shape index (κ1) is 20.7. The molecular weight excluding hydrogens is 310 g/mol. The quantitative estimate of drug-likeness (QED) is 0.769. The number of ether oxygens (including phenoxy) is 2. The molecule has 1 fully saturated rings. The lowest BCUT2D eigenvalue weighted by molar-refractivity contribution is -0.159. The molecule has 1 saturated heterocycles. The molecule has 4 atom stereocenters. The molecule has 6 nitrogen and oxygen atoms in total. The molecule has 1 rings (SSSR count). The van der Waals surface area contributed by atoms with E-state index in [9.17, 15) is 14.7 Å². The molecule has 1 aliphatic rings. The summed E-state index contributed by atoms with van der Waals surface area (Å²) >= 11 is 0. The number of alkyl carbamates (subject to hydrolysis) is 1. The van der Waals surface area contributed by atoms with Crippen molar-refractivity contribution >= 4 is 12.1 Å². The van der Waals surface area contributed by atoms with Gasteiger partial charge in [-0.15, -0.1) is 0 Å². The summed E-state index contributed by atoms with van der Waals surface area (Å²) < 4.78 is 10.6. The Balaban J connectivity index is 2.71. The highest BCUT2D eigenvalue weighted by Gasteiger charge is 2.32. The van der Waals surface area contributed by atoms with Gasteiger partial charge in [-0.2, -0.15) is 0 Å². The van der Waals surface area contributed by atoms with E-state index < -0.39 is 35.9 Å². The van der Waals surface area contributed by atoms with Crippen molar-refractivity contribution in [1.82, 2.24) is 5.32 Å². The normalized spacial score (nSPS) is 29.5. The third kappa shape index (κ3) is 7.07. The third-order valence-electron chi connectivity index (χ3n) is 4.22. The van der Waals surface area contributed by atoms with Gasteiger partial charge in [-0.05, 0) is 52.9 Å². The van der Waals surface area contributed by atoms with Gasteiger partial charge in [-0.3, -0.25) is 0 Å². The number of aliphatic hydroxyl groups excluding tert-OH is 1. The van der Waals surface area contributed by atoms with E-state index in [1.165, 1.54) is 0 Å². The summed E-state index contributed by atoms with van der Waals surface area (Å²) in [6.45, 7) is 9.10. The van der Waals surface area contributed by atoms with E-state index in [1.807, 2.05) is 0 Å². The Morgan fingerprint density at radius 1 is 1.33 bits per heavy atom. The van der Waals surface area contributed by atoms with Crippen LogP contribution >= 0.6 is 0 Å². The molecule has 0 spiro atoms. The van der Waals surface area contributed by atoms with Gasteiger partial charge in [0.1, 0.15) is 17.7 Å². The monoisotopic (exact) mass is 343 g/mol. The molecule has 140 valence electrons. The van der Waals surface area contributed by atoms with E-state index in [0.29, 0.717) is 6.42 Å². The summed E-state index contributed by atoms with van der Waals surface area (Å²) in [7, 11) is 0. The van der Waals surface area contributed by atoms with Gasteiger partial charge in [0.05, 0.1) is 6.10 Å². The summed E-state index contributed by atoms with van der Waals surface area (Å²) in [5.41, 5.74) is -0.624. The van der Waals surface area contributed by atoms with Crippen LogP contribution in [0.3, 0.4) is 0 Å². The van der Waals surface area contributed by atoms with E-state index in [0.717, 1.165) is 32.1 Å². The van der Waals surface area contributed by atoms with Gasteiger partial charge in [0.25, 0.3) is 0 Å². The predicted octanol–water partition coefficient (Wildman–Crippen LogP) is 3.16. The molecule has 2 N–H and O–H groups in total. The molecular formula is C18H33NO5. The first-order valence-electron chi connectivity index (χ1n) is 9.02. The second-order valence-electron chi connectivity index (χ2n) is 7.66. The molecule has 1 amide bonds. The summed E-state index contributed by atoms with van der Waals surface area (Å²) in [6, 6.07) is -0.739. The van der Waals surface area contributed by atoms with E-state index in [2.05, 4.69) is 12.2 Å². The molecule has 6 heteroatoms. The van der Waals surface area contributed by atoms with Crippen LogP contribution in [0.1, 0.15) is 73.1 Å². The average Bonchev–Trinajstić information content (AvgIpc) is 2.45. The summed E-state index contributed by atoms with van der Waals surface area (Å²) in [5, 5.41) is 13.0. The lowest BCUT2D eigenvalue weighted by Crippen LogP contribution is -2.47. The van der Waals surface area contributed by atoms with Gasteiger partial charge in [0.15, 0.2) is 0 Å². The molecule has 0 radical (unpaired) electrons. The third-order valence-corrected chi connectivity index (χ3v) is 4.22. The van der Waals surface area contributed by atoms with Crippen LogP contribution in [-0.2, 0) is 14.3 Å². The van der Waals surface area contributed by atoms with E-state index in [-0.39, 0.29) is 5.92 Å². The van der Waals surface area contributed by atoms with Crippen molar-refractivity contribution in [3.05, 3.63) is 0 Å². The second-order valence-corrected chi connectivity index (χ2v) is 7.66. The topological polar surface area (TPSA) is 84.9 Å². The molecule has 24 heavy (non-hydrogen) atoms. The Labute approximate surface area is 145 Å². The van der Waals surface area contributed by atoms with Gasteiger partial charge < -0.3 is 19.9 Å². The van der Waals surface area contributed by atoms with Crippen molar-refractivity contribution in [2.45, 2.75) is 97.0 Å². The van der Waals surface area contributed by atoms with Gasteiger partial charge >= 0.3 is 12.1 Å². The lowest BCUT2D eigenvalue weighted by atomic mass is 9.88. The number of hydrogen-bond donors (Lipinski definition) is 2. The van der Waals surface area contributed by atoms with E-state index >= 15 is 0 Å². The molecule has 0 saturated carbocycles. The molecule has 0 aromatic rings. The van der Waals surface area contributed by atoms with Crippen LogP contribution < -0.4 is 5.32 Å². The standard InChI is InChI=1S/C18H33NO5/c1-6-9-13-10-7-8-11-14(16(21)23-12(2)15(13)20)19-17(22)24-18(3,4)5/h12-15,20H,6-11H2,1-5H3,(H,19,22)/t12-,13-,14-,15-/m0/s1. The fraction of sp³-hybridized carbons (Fsp3) is 0.889. The van der Waals surface area contributed by atoms with Crippen LogP contribution in [0, 0.1) is 5.92 Å². The maximum Gasteiger partial charge on any atom is 0.408 e.